The quantitative estimate of drug-likeness (QED) is 0.841. The fraction of sp³-hybridized carbons (Fsp3) is 0.706. The molecule has 0 aromatic carbocycles. The Labute approximate surface area is 122 Å². The van der Waals surface area contributed by atoms with Crippen molar-refractivity contribution in [2.45, 2.75) is 38.3 Å². The highest BCUT2D eigenvalue weighted by Gasteiger charge is 2.42. The van der Waals surface area contributed by atoms with E-state index in [-0.39, 0.29) is 0 Å². The Hall–Kier alpha value is -0.930. The summed E-state index contributed by atoms with van der Waals surface area (Å²) in [5, 5.41) is 0. The van der Waals surface area contributed by atoms with E-state index >= 15 is 0 Å². The van der Waals surface area contributed by atoms with Gasteiger partial charge in [0.15, 0.2) is 0 Å². The lowest BCUT2D eigenvalue weighted by Crippen LogP contribution is -2.51. The predicted molar refractivity (Wildman–Crippen MR) is 80.3 cm³/mol. The molecular weight excluding hydrogens is 246 g/mol. The van der Waals surface area contributed by atoms with Gasteiger partial charge in [-0.3, -0.25) is 14.8 Å². The molecule has 3 heteroatoms. The minimum Gasteiger partial charge on any atom is -0.298 e. The molecular formula is C17H25N3. The van der Waals surface area contributed by atoms with Gasteiger partial charge in [-0.25, -0.2) is 0 Å². The summed E-state index contributed by atoms with van der Waals surface area (Å²) in [6.45, 7) is 6.06. The first kappa shape index (κ1) is 12.8. The van der Waals surface area contributed by atoms with Gasteiger partial charge in [0.2, 0.25) is 0 Å². The number of hydrogen-bond donors (Lipinski definition) is 0. The summed E-state index contributed by atoms with van der Waals surface area (Å²) >= 11 is 0. The maximum Gasteiger partial charge on any atom is 0.0312 e. The van der Waals surface area contributed by atoms with Crippen LogP contribution in [0.25, 0.3) is 0 Å². The fourth-order valence-electron chi connectivity index (χ4n) is 4.66. The van der Waals surface area contributed by atoms with Crippen LogP contribution in [0, 0.1) is 11.8 Å². The molecule has 0 unspecified atom stereocenters. The van der Waals surface area contributed by atoms with Crippen molar-refractivity contribution < 1.29 is 0 Å². The standard InChI is InChI=1S/C17H25N3/c1-2-15(12-18-5-1)13-19-6-8-20(9-7-19)17-11-14-3-4-16(17)10-14/h1-2,5,12,14,16-17H,3-4,6-11,13H2/t14-,16-,17+/m1/s1. The molecule has 2 aliphatic carbocycles. The molecule has 1 aliphatic heterocycles. The van der Waals surface area contributed by atoms with Gasteiger partial charge in [-0.1, -0.05) is 12.5 Å². The topological polar surface area (TPSA) is 19.4 Å². The lowest BCUT2D eigenvalue weighted by Gasteiger charge is -2.41. The lowest BCUT2D eigenvalue weighted by molar-refractivity contribution is 0.0679. The number of rotatable bonds is 3. The molecule has 3 atom stereocenters. The van der Waals surface area contributed by atoms with Crippen molar-refractivity contribution in [2.75, 3.05) is 26.2 Å². The highest BCUT2D eigenvalue weighted by atomic mass is 15.3. The number of hydrogen-bond acceptors (Lipinski definition) is 3. The maximum atomic E-state index is 4.22. The summed E-state index contributed by atoms with van der Waals surface area (Å²) in [6, 6.07) is 5.16. The maximum absolute atomic E-state index is 4.22. The van der Waals surface area contributed by atoms with E-state index in [1.807, 2.05) is 18.5 Å². The van der Waals surface area contributed by atoms with E-state index in [9.17, 15) is 0 Å². The summed E-state index contributed by atoms with van der Waals surface area (Å²) < 4.78 is 0. The minimum atomic E-state index is 0.925. The fourth-order valence-corrected chi connectivity index (χ4v) is 4.66. The van der Waals surface area contributed by atoms with Crippen LogP contribution in [0.1, 0.15) is 31.2 Å². The van der Waals surface area contributed by atoms with Gasteiger partial charge in [0.1, 0.15) is 0 Å². The Morgan fingerprint density at radius 1 is 1.10 bits per heavy atom. The van der Waals surface area contributed by atoms with E-state index < -0.39 is 0 Å². The molecule has 1 aromatic rings. The highest BCUT2D eigenvalue weighted by molar-refractivity contribution is 5.08. The van der Waals surface area contributed by atoms with Crippen LogP contribution >= 0.6 is 0 Å². The number of piperazine rings is 1. The van der Waals surface area contributed by atoms with Gasteiger partial charge in [0.05, 0.1) is 0 Å². The van der Waals surface area contributed by atoms with Crippen molar-refractivity contribution in [3.05, 3.63) is 30.1 Å². The van der Waals surface area contributed by atoms with E-state index in [2.05, 4.69) is 20.9 Å². The first-order valence-electron chi connectivity index (χ1n) is 8.24. The number of pyridine rings is 1. The molecule has 1 saturated heterocycles. The molecule has 2 heterocycles. The highest BCUT2D eigenvalue weighted by Crippen LogP contribution is 2.46. The van der Waals surface area contributed by atoms with E-state index in [1.165, 1.54) is 57.4 Å². The molecule has 0 amide bonds. The van der Waals surface area contributed by atoms with Crippen LogP contribution < -0.4 is 0 Å². The van der Waals surface area contributed by atoms with Crippen LogP contribution in [0.15, 0.2) is 24.5 Å². The molecule has 3 nitrogen and oxygen atoms in total. The molecule has 108 valence electrons. The smallest absolute Gasteiger partial charge is 0.0312 e. The SMILES string of the molecule is c1cncc(CN2CCN([C@H]3C[C@@H]4CC[C@@H]3C4)CC2)c1. The molecule has 1 aromatic heterocycles. The van der Waals surface area contributed by atoms with Crippen molar-refractivity contribution in [3.63, 3.8) is 0 Å². The van der Waals surface area contributed by atoms with Crippen molar-refractivity contribution in [2.24, 2.45) is 11.8 Å². The average molecular weight is 271 g/mol. The first-order valence-corrected chi connectivity index (χ1v) is 8.24. The van der Waals surface area contributed by atoms with Gasteiger partial charge in [-0.05, 0) is 42.7 Å². The predicted octanol–water partition coefficient (Wildman–Crippen LogP) is 2.39. The largest absolute Gasteiger partial charge is 0.298 e. The summed E-state index contributed by atoms with van der Waals surface area (Å²) in [6.07, 6.45) is 9.90. The van der Waals surface area contributed by atoms with Gasteiger partial charge < -0.3 is 0 Å². The molecule has 2 bridgehead atoms. The van der Waals surface area contributed by atoms with Crippen LogP contribution in [0.3, 0.4) is 0 Å². The zero-order valence-corrected chi connectivity index (χ0v) is 12.2. The molecule has 20 heavy (non-hydrogen) atoms. The van der Waals surface area contributed by atoms with Crippen LogP contribution in [-0.4, -0.2) is 47.0 Å². The number of aromatic nitrogens is 1. The summed E-state index contributed by atoms with van der Waals surface area (Å²) in [7, 11) is 0. The van der Waals surface area contributed by atoms with Gasteiger partial charge in [0.25, 0.3) is 0 Å². The van der Waals surface area contributed by atoms with Crippen molar-refractivity contribution in [1.82, 2.24) is 14.8 Å². The molecule has 2 saturated carbocycles. The zero-order chi connectivity index (χ0) is 13.4. The van der Waals surface area contributed by atoms with Gasteiger partial charge >= 0.3 is 0 Å². The second-order valence-corrected chi connectivity index (χ2v) is 6.92. The van der Waals surface area contributed by atoms with E-state index in [1.54, 1.807) is 0 Å². The molecule has 0 radical (unpaired) electrons. The molecule has 0 N–H and O–H groups in total. The van der Waals surface area contributed by atoms with Crippen LogP contribution in [0.4, 0.5) is 0 Å². The Morgan fingerprint density at radius 2 is 2.00 bits per heavy atom. The Bertz CT molecular complexity index is 439. The Morgan fingerprint density at radius 3 is 2.65 bits per heavy atom. The van der Waals surface area contributed by atoms with Crippen molar-refractivity contribution in [1.29, 1.82) is 0 Å². The second-order valence-electron chi connectivity index (χ2n) is 6.92. The third-order valence-corrected chi connectivity index (χ3v) is 5.71. The summed E-state index contributed by atoms with van der Waals surface area (Å²) in [4.78, 5) is 9.60. The van der Waals surface area contributed by atoms with Crippen molar-refractivity contribution >= 4 is 0 Å². The first-order chi connectivity index (χ1) is 9.88. The molecule has 4 rings (SSSR count). The second kappa shape index (κ2) is 5.45. The van der Waals surface area contributed by atoms with E-state index in [0.29, 0.717) is 0 Å². The molecule has 0 spiro atoms. The number of fused-ring (bicyclic) bond motifs is 2. The number of nitrogens with zero attached hydrogens (tertiary/aromatic N) is 3. The average Bonchev–Trinajstić information content (AvgIpc) is 3.12. The monoisotopic (exact) mass is 271 g/mol. The molecule has 3 aliphatic rings. The minimum absolute atomic E-state index is 0.925. The third-order valence-electron chi connectivity index (χ3n) is 5.71. The van der Waals surface area contributed by atoms with Gasteiger partial charge in [-0.15, -0.1) is 0 Å². The van der Waals surface area contributed by atoms with E-state index in [0.717, 1.165) is 24.4 Å². The van der Waals surface area contributed by atoms with Crippen LogP contribution in [0.2, 0.25) is 0 Å². The molecule has 3 fully saturated rings. The Balaban J connectivity index is 1.30. The third kappa shape index (κ3) is 2.49. The van der Waals surface area contributed by atoms with Crippen LogP contribution in [-0.2, 0) is 6.54 Å². The lowest BCUT2D eigenvalue weighted by atomic mass is 9.93. The normalized spacial score (nSPS) is 34.7. The van der Waals surface area contributed by atoms with Gasteiger partial charge in [-0.2, -0.15) is 0 Å². The zero-order valence-electron chi connectivity index (χ0n) is 12.2. The van der Waals surface area contributed by atoms with Crippen LogP contribution in [0.5, 0.6) is 0 Å². The Kier molecular flexibility index (Phi) is 3.49. The van der Waals surface area contributed by atoms with E-state index in [4.69, 9.17) is 0 Å². The van der Waals surface area contributed by atoms with Crippen molar-refractivity contribution in [3.8, 4) is 0 Å². The summed E-state index contributed by atoms with van der Waals surface area (Å²) in [5.74, 6) is 2.10. The summed E-state index contributed by atoms with van der Waals surface area (Å²) in [5.41, 5.74) is 1.35. The van der Waals surface area contributed by atoms with Gasteiger partial charge in [0, 0.05) is 51.2 Å².